The number of fused-ring (bicyclic) bond motifs is 2. The van der Waals surface area contributed by atoms with E-state index in [1.165, 1.54) is 17.0 Å². The van der Waals surface area contributed by atoms with Crippen LogP contribution in [0.5, 0.6) is 0 Å². The summed E-state index contributed by atoms with van der Waals surface area (Å²) in [4.78, 5) is 2.43. The first-order valence-corrected chi connectivity index (χ1v) is 7.67. The Morgan fingerprint density at radius 2 is 2.29 bits per heavy atom. The van der Waals surface area contributed by atoms with Crippen molar-refractivity contribution >= 4 is 6.21 Å². The van der Waals surface area contributed by atoms with Gasteiger partial charge in [0.2, 0.25) is 0 Å². The van der Waals surface area contributed by atoms with Crippen LogP contribution in [0.2, 0.25) is 0 Å². The quantitative estimate of drug-likeness (QED) is 0.730. The number of hydrogen-bond acceptors (Lipinski definition) is 3. The van der Waals surface area contributed by atoms with Gasteiger partial charge in [-0.25, -0.2) is 0 Å². The highest BCUT2D eigenvalue weighted by Gasteiger charge is 2.39. The van der Waals surface area contributed by atoms with Crippen LogP contribution in [-0.2, 0) is 0 Å². The van der Waals surface area contributed by atoms with Gasteiger partial charge in [0.1, 0.15) is 0 Å². The van der Waals surface area contributed by atoms with E-state index in [4.69, 9.17) is 0 Å². The van der Waals surface area contributed by atoms with Gasteiger partial charge in [0.05, 0.1) is 24.2 Å². The molecule has 0 fully saturated rings. The summed E-state index contributed by atoms with van der Waals surface area (Å²) < 4.78 is 0. The minimum Gasteiger partial charge on any atom is -0.342 e. The van der Waals surface area contributed by atoms with Gasteiger partial charge in [-0.1, -0.05) is 37.8 Å². The zero-order valence-corrected chi connectivity index (χ0v) is 13.0. The van der Waals surface area contributed by atoms with Crippen molar-refractivity contribution in [3.8, 4) is 0 Å². The Balaban J connectivity index is 1.98. The first kappa shape index (κ1) is 13.9. The highest BCUT2D eigenvalue weighted by Crippen LogP contribution is 2.44. The second kappa shape index (κ2) is 5.40. The lowest BCUT2D eigenvalue weighted by Crippen LogP contribution is -2.29. The molecule has 3 aliphatic rings. The monoisotopic (exact) mass is 281 g/mol. The van der Waals surface area contributed by atoms with Crippen molar-refractivity contribution in [2.45, 2.75) is 26.7 Å². The molecule has 0 unspecified atom stereocenters. The van der Waals surface area contributed by atoms with Crippen molar-refractivity contribution < 1.29 is 0 Å². The molecule has 110 valence electrons. The fourth-order valence-corrected chi connectivity index (χ4v) is 3.29. The summed E-state index contributed by atoms with van der Waals surface area (Å²) in [5.74, 6) is 0.448. The molecular formula is C18H23N3. The summed E-state index contributed by atoms with van der Waals surface area (Å²) in [6.45, 7) is 14.3. The Labute approximate surface area is 127 Å². The minimum atomic E-state index is 0.448. The molecule has 0 amide bonds. The van der Waals surface area contributed by atoms with Gasteiger partial charge in [0.25, 0.3) is 0 Å². The summed E-state index contributed by atoms with van der Waals surface area (Å²) in [7, 11) is 0. The molecule has 0 aromatic rings. The maximum Gasteiger partial charge on any atom is 0.0766 e. The van der Waals surface area contributed by atoms with Crippen LogP contribution in [0.3, 0.4) is 0 Å². The highest BCUT2D eigenvalue weighted by atomic mass is 15.5. The van der Waals surface area contributed by atoms with Gasteiger partial charge >= 0.3 is 0 Å². The summed E-state index contributed by atoms with van der Waals surface area (Å²) in [6, 6.07) is 0. The van der Waals surface area contributed by atoms with Crippen LogP contribution in [0.4, 0.5) is 0 Å². The van der Waals surface area contributed by atoms with Crippen molar-refractivity contribution in [2.75, 3.05) is 13.1 Å². The molecule has 0 aromatic carbocycles. The second-order valence-corrected chi connectivity index (χ2v) is 5.97. The molecule has 0 aromatic heterocycles. The maximum atomic E-state index is 4.59. The number of nitrogens with zero attached hydrogens (tertiary/aromatic N) is 3. The van der Waals surface area contributed by atoms with Gasteiger partial charge in [0, 0.05) is 23.7 Å². The van der Waals surface area contributed by atoms with Gasteiger partial charge < -0.3 is 4.90 Å². The Kier molecular flexibility index (Phi) is 3.58. The first-order valence-electron chi connectivity index (χ1n) is 7.67. The van der Waals surface area contributed by atoms with Crippen LogP contribution >= 0.6 is 0 Å². The third-order valence-electron chi connectivity index (χ3n) is 4.15. The molecule has 3 heteroatoms. The normalized spacial score (nSPS) is 23.4. The Hall–Kier alpha value is -2.03. The predicted octanol–water partition coefficient (Wildman–Crippen LogP) is 3.82. The molecule has 2 aliphatic heterocycles. The summed E-state index contributed by atoms with van der Waals surface area (Å²) in [6.07, 6.45) is 10.9. The molecule has 0 saturated carbocycles. The second-order valence-electron chi connectivity index (χ2n) is 5.97. The van der Waals surface area contributed by atoms with E-state index < -0.39 is 0 Å². The summed E-state index contributed by atoms with van der Waals surface area (Å²) >= 11 is 0. The minimum absolute atomic E-state index is 0.448. The van der Waals surface area contributed by atoms with Crippen LogP contribution in [-0.4, -0.2) is 29.2 Å². The van der Waals surface area contributed by atoms with Gasteiger partial charge in [-0.3, -0.25) is 5.01 Å². The van der Waals surface area contributed by atoms with Crippen LogP contribution in [0.15, 0.2) is 64.7 Å². The van der Waals surface area contributed by atoms with E-state index >= 15 is 0 Å². The van der Waals surface area contributed by atoms with Crippen molar-refractivity contribution in [3.63, 3.8) is 0 Å². The average molecular weight is 281 g/mol. The van der Waals surface area contributed by atoms with E-state index in [-0.39, 0.29) is 0 Å². The summed E-state index contributed by atoms with van der Waals surface area (Å²) in [5.41, 5.74) is 6.07. The van der Waals surface area contributed by atoms with Crippen LogP contribution in [0.25, 0.3) is 0 Å². The maximum absolute atomic E-state index is 4.59. The Bertz CT molecular complexity index is 604. The number of rotatable bonds is 4. The molecule has 0 saturated heterocycles. The number of hydrogen-bond donors (Lipinski definition) is 0. The molecule has 3 rings (SSSR count). The van der Waals surface area contributed by atoms with Crippen molar-refractivity contribution in [1.82, 2.24) is 9.91 Å². The predicted molar refractivity (Wildman–Crippen MR) is 88.5 cm³/mol. The van der Waals surface area contributed by atoms with E-state index in [1.807, 2.05) is 18.1 Å². The topological polar surface area (TPSA) is 18.8 Å². The van der Waals surface area contributed by atoms with Crippen molar-refractivity contribution in [1.29, 1.82) is 0 Å². The smallest absolute Gasteiger partial charge is 0.0766 e. The van der Waals surface area contributed by atoms with Crippen molar-refractivity contribution in [2.24, 2.45) is 11.0 Å². The molecule has 3 nitrogen and oxygen atoms in total. The molecule has 2 heterocycles. The molecule has 0 N–H and O–H groups in total. The summed E-state index contributed by atoms with van der Waals surface area (Å²) in [5, 5.41) is 6.56. The van der Waals surface area contributed by atoms with Crippen molar-refractivity contribution in [3.05, 3.63) is 59.6 Å². The average Bonchev–Trinajstić information content (AvgIpc) is 2.77. The number of allylic oxidation sites excluding steroid dienone is 4. The van der Waals surface area contributed by atoms with Crippen LogP contribution in [0, 0.1) is 5.92 Å². The molecular weight excluding hydrogens is 258 g/mol. The SMILES string of the molecule is C=C(C)CN1N=CC2=C(C1=C)N(CCC)C1=CC=CC[C@H]12. The lowest BCUT2D eigenvalue weighted by molar-refractivity contribution is 0.355. The highest BCUT2D eigenvalue weighted by molar-refractivity contribution is 5.85. The van der Waals surface area contributed by atoms with Gasteiger partial charge in [-0.15, -0.1) is 0 Å². The van der Waals surface area contributed by atoms with E-state index in [9.17, 15) is 0 Å². The van der Waals surface area contributed by atoms with E-state index in [0.717, 1.165) is 37.2 Å². The third-order valence-corrected chi connectivity index (χ3v) is 4.15. The molecule has 1 atom stereocenters. The van der Waals surface area contributed by atoms with E-state index in [2.05, 4.69) is 48.3 Å². The van der Waals surface area contributed by atoms with E-state index in [1.54, 1.807) is 0 Å². The number of hydrazone groups is 1. The molecule has 21 heavy (non-hydrogen) atoms. The molecule has 0 radical (unpaired) electrons. The fraction of sp³-hybridized carbons (Fsp3) is 0.389. The molecule has 0 bridgehead atoms. The van der Waals surface area contributed by atoms with Crippen LogP contribution < -0.4 is 0 Å². The van der Waals surface area contributed by atoms with Crippen LogP contribution in [0.1, 0.15) is 26.7 Å². The third kappa shape index (κ3) is 2.27. The Morgan fingerprint density at radius 3 is 3.00 bits per heavy atom. The first-order chi connectivity index (χ1) is 10.1. The zero-order valence-electron chi connectivity index (χ0n) is 13.0. The fourth-order valence-electron chi connectivity index (χ4n) is 3.29. The molecule has 1 aliphatic carbocycles. The lowest BCUT2D eigenvalue weighted by Gasteiger charge is -2.31. The van der Waals surface area contributed by atoms with Gasteiger partial charge in [-0.2, -0.15) is 5.10 Å². The molecule has 0 spiro atoms. The zero-order chi connectivity index (χ0) is 15.0. The largest absolute Gasteiger partial charge is 0.342 e. The van der Waals surface area contributed by atoms with Gasteiger partial charge in [0.15, 0.2) is 0 Å². The van der Waals surface area contributed by atoms with Gasteiger partial charge in [-0.05, 0) is 25.8 Å². The Morgan fingerprint density at radius 1 is 1.48 bits per heavy atom. The van der Waals surface area contributed by atoms with E-state index in [0.29, 0.717) is 5.92 Å². The lowest BCUT2D eigenvalue weighted by atomic mass is 9.91. The standard InChI is InChI=1S/C18H23N3/c1-5-10-20-17-9-7-6-8-15(17)16-11-19-21(12-13(2)3)14(4)18(16)20/h6-7,9,11,15H,2,4-5,8,10,12H2,1,3H3/t15-/m0/s1.